The average molecular weight is 180 g/mol. The van der Waals surface area contributed by atoms with Crippen molar-refractivity contribution in [3.05, 3.63) is 0 Å². The summed E-state index contributed by atoms with van der Waals surface area (Å²) < 4.78 is 5.41. The highest BCUT2D eigenvalue weighted by molar-refractivity contribution is 5.74. The first-order valence-electron chi connectivity index (χ1n) is 5.26. The molecule has 72 valence electrons. The quantitative estimate of drug-likeness (QED) is 0.534. The summed E-state index contributed by atoms with van der Waals surface area (Å²) in [7, 11) is 0. The van der Waals surface area contributed by atoms with Gasteiger partial charge in [-0.1, -0.05) is 13.8 Å². The molecule has 0 aromatic carbocycles. The Bertz CT molecular complexity index is 282. The van der Waals surface area contributed by atoms with E-state index in [-0.39, 0.29) is 17.5 Å². The molecule has 2 aliphatic carbocycles. The zero-order valence-electron chi connectivity index (χ0n) is 8.30. The minimum absolute atomic E-state index is 0.0402. The molecule has 0 radical (unpaired) electrons. The Labute approximate surface area is 78.6 Å². The van der Waals surface area contributed by atoms with E-state index in [0.29, 0.717) is 11.8 Å². The summed E-state index contributed by atoms with van der Waals surface area (Å²) in [5.41, 5.74) is 0.554. The van der Waals surface area contributed by atoms with Crippen LogP contribution in [0.15, 0.2) is 0 Å². The average Bonchev–Trinajstić information content (AvgIpc) is 2.55. The summed E-state index contributed by atoms with van der Waals surface area (Å²) in [5, 5.41) is 0. The van der Waals surface area contributed by atoms with Crippen molar-refractivity contribution in [3.63, 3.8) is 0 Å². The lowest BCUT2D eigenvalue weighted by Crippen LogP contribution is -2.34. The highest BCUT2D eigenvalue weighted by Gasteiger charge is 2.68. The molecule has 1 aliphatic heterocycles. The van der Waals surface area contributed by atoms with Crippen LogP contribution in [0.25, 0.3) is 0 Å². The van der Waals surface area contributed by atoms with Gasteiger partial charge in [-0.3, -0.25) is 4.79 Å². The van der Waals surface area contributed by atoms with Gasteiger partial charge in [0.2, 0.25) is 0 Å². The molecule has 3 atom stereocenters. The molecular formula is C11H16O2. The van der Waals surface area contributed by atoms with Crippen LogP contribution < -0.4 is 0 Å². The third kappa shape index (κ3) is 0.660. The molecule has 1 saturated heterocycles. The highest BCUT2D eigenvalue weighted by atomic mass is 16.6. The molecule has 3 rings (SSSR count). The molecule has 13 heavy (non-hydrogen) atoms. The SMILES string of the molecule is CC1(C)[C@@H]2CC[C@]13CC(=O)O[C@@H]3C2. The van der Waals surface area contributed by atoms with Crippen LogP contribution in [0.2, 0.25) is 0 Å². The number of carbonyl (C=O) groups is 1. The van der Waals surface area contributed by atoms with Gasteiger partial charge in [-0.25, -0.2) is 0 Å². The van der Waals surface area contributed by atoms with Crippen molar-refractivity contribution in [2.45, 2.75) is 45.6 Å². The van der Waals surface area contributed by atoms with Crippen molar-refractivity contribution in [2.24, 2.45) is 16.7 Å². The van der Waals surface area contributed by atoms with Gasteiger partial charge in [-0.05, 0) is 30.6 Å². The standard InChI is InChI=1S/C11H16O2/c1-10(2)7-3-4-11(10)6-9(12)13-8(11)5-7/h7-8H,3-6H2,1-2H3/t7-,8-,11-/m1/s1. The summed E-state index contributed by atoms with van der Waals surface area (Å²) in [6.07, 6.45) is 4.58. The molecule has 0 unspecified atom stereocenters. The first-order chi connectivity index (χ1) is 6.06. The minimum Gasteiger partial charge on any atom is -0.462 e. The van der Waals surface area contributed by atoms with Crippen LogP contribution in [-0.2, 0) is 9.53 Å². The van der Waals surface area contributed by atoms with E-state index in [1.807, 2.05) is 0 Å². The van der Waals surface area contributed by atoms with E-state index in [9.17, 15) is 4.79 Å². The first kappa shape index (κ1) is 7.84. The second-order valence-electron chi connectivity index (χ2n) is 5.50. The second kappa shape index (κ2) is 1.94. The number of esters is 1. The topological polar surface area (TPSA) is 26.3 Å². The van der Waals surface area contributed by atoms with E-state index in [2.05, 4.69) is 13.8 Å². The maximum atomic E-state index is 11.3. The first-order valence-corrected chi connectivity index (χ1v) is 5.26. The molecule has 2 nitrogen and oxygen atoms in total. The predicted molar refractivity (Wildman–Crippen MR) is 48.1 cm³/mol. The van der Waals surface area contributed by atoms with E-state index >= 15 is 0 Å². The second-order valence-corrected chi connectivity index (χ2v) is 5.50. The Kier molecular flexibility index (Phi) is 1.17. The lowest BCUT2D eigenvalue weighted by molar-refractivity contribution is -0.142. The number of rotatable bonds is 0. The van der Waals surface area contributed by atoms with Crippen LogP contribution >= 0.6 is 0 Å². The zero-order chi connectivity index (χ0) is 9.27. The molecular weight excluding hydrogens is 164 g/mol. The molecule has 2 saturated carbocycles. The van der Waals surface area contributed by atoms with Crippen molar-refractivity contribution in [1.29, 1.82) is 0 Å². The van der Waals surface area contributed by atoms with E-state index in [1.54, 1.807) is 0 Å². The van der Waals surface area contributed by atoms with E-state index < -0.39 is 0 Å². The summed E-state index contributed by atoms with van der Waals surface area (Å²) in [6.45, 7) is 4.65. The Morgan fingerprint density at radius 3 is 2.85 bits per heavy atom. The molecule has 0 aromatic heterocycles. The van der Waals surface area contributed by atoms with Crippen LogP contribution in [0.1, 0.15) is 39.5 Å². The van der Waals surface area contributed by atoms with Crippen LogP contribution in [0, 0.1) is 16.7 Å². The van der Waals surface area contributed by atoms with Crippen LogP contribution in [0.5, 0.6) is 0 Å². The third-order valence-electron chi connectivity index (χ3n) is 5.09. The Balaban J connectivity index is 2.09. The summed E-state index contributed by atoms with van der Waals surface area (Å²) in [4.78, 5) is 11.3. The molecule has 0 amide bonds. The van der Waals surface area contributed by atoms with Crippen LogP contribution in [0.3, 0.4) is 0 Å². The van der Waals surface area contributed by atoms with Gasteiger partial charge < -0.3 is 4.74 Å². The largest absolute Gasteiger partial charge is 0.462 e. The normalized spacial score (nSPS) is 50.8. The van der Waals surface area contributed by atoms with Gasteiger partial charge in [0.05, 0.1) is 6.42 Å². The molecule has 2 bridgehead atoms. The summed E-state index contributed by atoms with van der Waals surface area (Å²) >= 11 is 0. The minimum atomic E-state index is 0.0402. The monoisotopic (exact) mass is 180 g/mol. The molecule has 1 spiro atoms. The number of hydrogen-bond acceptors (Lipinski definition) is 2. The lowest BCUT2D eigenvalue weighted by atomic mass is 9.67. The van der Waals surface area contributed by atoms with E-state index in [0.717, 1.165) is 12.3 Å². The van der Waals surface area contributed by atoms with Gasteiger partial charge in [0.25, 0.3) is 0 Å². The number of carbonyl (C=O) groups excluding carboxylic acids is 1. The smallest absolute Gasteiger partial charge is 0.306 e. The van der Waals surface area contributed by atoms with E-state index in [1.165, 1.54) is 12.8 Å². The van der Waals surface area contributed by atoms with Crippen LogP contribution in [0.4, 0.5) is 0 Å². The van der Waals surface area contributed by atoms with Gasteiger partial charge in [-0.2, -0.15) is 0 Å². The maximum Gasteiger partial charge on any atom is 0.306 e. The van der Waals surface area contributed by atoms with Gasteiger partial charge >= 0.3 is 5.97 Å². The third-order valence-corrected chi connectivity index (χ3v) is 5.09. The van der Waals surface area contributed by atoms with Crippen LogP contribution in [-0.4, -0.2) is 12.1 Å². The fourth-order valence-electron chi connectivity index (χ4n) is 4.04. The summed E-state index contributed by atoms with van der Waals surface area (Å²) in [5.74, 6) is 0.837. The molecule has 3 aliphatic rings. The van der Waals surface area contributed by atoms with Crippen molar-refractivity contribution in [1.82, 2.24) is 0 Å². The number of hydrogen-bond donors (Lipinski definition) is 0. The predicted octanol–water partition coefficient (Wildman–Crippen LogP) is 2.13. The highest BCUT2D eigenvalue weighted by Crippen LogP contribution is 2.70. The Morgan fingerprint density at radius 2 is 2.23 bits per heavy atom. The van der Waals surface area contributed by atoms with Gasteiger partial charge in [-0.15, -0.1) is 0 Å². The Hall–Kier alpha value is -0.530. The van der Waals surface area contributed by atoms with Crippen molar-refractivity contribution in [2.75, 3.05) is 0 Å². The van der Waals surface area contributed by atoms with E-state index in [4.69, 9.17) is 4.74 Å². The van der Waals surface area contributed by atoms with Gasteiger partial charge in [0.1, 0.15) is 6.10 Å². The molecule has 3 fully saturated rings. The van der Waals surface area contributed by atoms with Gasteiger partial charge in [0, 0.05) is 5.41 Å². The van der Waals surface area contributed by atoms with Crippen molar-refractivity contribution < 1.29 is 9.53 Å². The fourth-order valence-corrected chi connectivity index (χ4v) is 4.04. The van der Waals surface area contributed by atoms with Gasteiger partial charge in [0.15, 0.2) is 0 Å². The fraction of sp³-hybridized carbons (Fsp3) is 0.909. The van der Waals surface area contributed by atoms with Crippen molar-refractivity contribution >= 4 is 5.97 Å². The lowest BCUT2D eigenvalue weighted by Gasteiger charge is -2.35. The Morgan fingerprint density at radius 1 is 1.46 bits per heavy atom. The molecule has 0 N–H and O–H groups in total. The number of fused-ring (bicyclic) bond motifs is 1. The summed E-state index contributed by atoms with van der Waals surface area (Å²) in [6, 6.07) is 0. The van der Waals surface area contributed by atoms with Crippen molar-refractivity contribution in [3.8, 4) is 0 Å². The maximum absolute atomic E-state index is 11.3. The molecule has 1 heterocycles. The molecule has 0 aromatic rings. The number of ether oxygens (including phenoxy) is 1. The zero-order valence-corrected chi connectivity index (χ0v) is 8.30. The molecule has 2 heteroatoms.